The predicted molar refractivity (Wildman–Crippen MR) is 316 cm³/mol. The Hall–Kier alpha value is -9.43. The standard InChI is InChI=1S/C17H24O9.C15H20O9.2C15H16O9/c1-10(18)4-2-6-14(21)25-11-8-23-17-12(9-24-16(11)17)26-15(22)7-3-5-13(19)20;3*1-8(16)2-4-12(19)23-9-6-21-15-10(7-22-14(9)15)24-13(20)5-3-11(17)18/h11-12,16-17H,2-9H2,1H3,(H,19,20);9-10,14-16H,1-7H2,(H,17,18);2*2-5,9-10,14-16H,1,6-7H2,(H,17,18)/t11-,12-,16+,17+;2*9-,10-,14+,15+;9-,10-,14-,15-/m0001/s1. The minimum absolute atomic E-state index is 0.00315. The van der Waals surface area contributed by atoms with Crippen LogP contribution in [0.4, 0.5) is 0 Å². The molecule has 8 rings (SSSR count). The molecule has 8 saturated heterocycles. The van der Waals surface area contributed by atoms with Crippen molar-refractivity contribution in [2.45, 2.75) is 169 Å². The number of carboxylic acid groups (broad SMARTS) is 4. The quantitative estimate of drug-likeness (QED) is 0.0171. The Bertz CT molecular complexity index is 2730. The van der Waals surface area contributed by atoms with Crippen molar-refractivity contribution in [2.75, 3.05) is 52.9 Å². The summed E-state index contributed by atoms with van der Waals surface area (Å²) in [6, 6.07) is 0. The Balaban J connectivity index is 0.000000236. The number of carbonyl (C=O) groups excluding carboxylic acids is 9. The molecule has 0 saturated carbocycles. The Morgan fingerprint density at radius 2 is 0.541 bits per heavy atom. The van der Waals surface area contributed by atoms with Crippen LogP contribution in [0.3, 0.4) is 0 Å². The van der Waals surface area contributed by atoms with Crippen LogP contribution >= 0.6 is 0 Å². The highest BCUT2D eigenvalue weighted by atomic mass is 16.7. The maximum Gasteiger partial charge on any atom is 0.331 e. The molecule has 8 aliphatic rings. The number of hydrogen-bond donors (Lipinski definition) is 7. The molecule has 0 aromatic carbocycles. The first-order valence-electron chi connectivity index (χ1n) is 30.2. The second kappa shape index (κ2) is 39.7. The predicted octanol–water partition coefficient (Wildman–Crippen LogP) is 0.699. The van der Waals surface area contributed by atoms with Crippen LogP contribution in [0.1, 0.15) is 71.1 Å². The largest absolute Gasteiger partial charge is 0.513 e. The van der Waals surface area contributed by atoms with Crippen LogP contribution in [0.2, 0.25) is 0 Å². The fourth-order valence-electron chi connectivity index (χ4n) is 10.1. The lowest BCUT2D eigenvalue weighted by atomic mass is 10.1. The average Bonchev–Trinajstić information content (AvgIpc) is 1.68. The highest BCUT2D eigenvalue weighted by Crippen LogP contribution is 2.35. The van der Waals surface area contributed by atoms with E-state index in [1.165, 1.54) is 6.92 Å². The lowest BCUT2D eigenvalue weighted by Gasteiger charge is -2.17. The van der Waals surface area contributed by atoms with Gasteiger partial charge in [-0.25, -0.2) is 28.8 Å². The first kappa shape index (κ1) is 79.3. The molecule has 98 heavy (non-hydrogen) atoms. The molecule has 16 atom stereocenters. The molecule has 0 aromatic rings. The maximum atomic E-state index is 11.8. The van der Waals surface area contributed by atoms with Crippen molar-refractivity contribution in [3.05, 3.63) is 85.6 Å². The molecule has 0 aliphatic carbocycles. The first-order chi connectivity index (χ1) is 46.5. The van der Waals surface area contributed by atoms with E-state index in [-0.39, 0.29) is 127 Å². The Labute approximate surface area is 557 Å². The van der Waals surface area contributed by atoms with Gasteiger partial charge in [0.2, 0.25) is 0 Å². The molecule has 8 fully saturated rings. The number of hydrogen-bond acceptors (Lipinski definition) is 32. The number of allylic oxidation sites excluding steroid dienone is 3. The number of rotatable bonds is 30. The normalized spacial score (nSPS) is 28.2. The average molecular weight is 1400 g/mol. The summed E-state index contributed by atoms with van der Waals surface area (Å²) in [5.74, 6) is -10.4. The van der Waals surface area contributed by atoms with Gasteiger partial charge in [0.1, 0.15) is 66.1 Å². The molecule has 0 aromatic heterocycles. The van der Waals surface area contributed by atoms with Gasteiger partial charge in [0.15, 0.2) is 48.8 Å². The van der Waals surface area contributed by atoms with E-state index in [4.69, 9.17) is 112 Å². The number of carboxylic acids is 4. The van der Waals surface area contributed by atoms with E-state index < -0.39 is 169 Å². The number of ketones is 1. The summed E-state index contributed by atoms with van der Waals surface area (Å²) in [5.41, 5.74) is 0. The van der Waals surface area contributed by atoms with E-state index >= 15 is 0 Å². The van der Waals surface area contributed by atoms with Gasteiger partial charge in [0.25, 0.3) is 0 Å². The van der Waals surface area contributed by atoms with Gasteiger partial charge in [-0.05, 0) is 31.9 Å². The van der Waals surface area contributed by atoms with E-state index in [1.54, 1.807) is 0 Å². The van der Waals surface area contributed by atoms with Crippen molar-refractivity contribution in [1.82, 2.24) is 0 Å². The van der Waals surface area contributed by atoms with Gasteiger partial charge in [0.05, 0.1) is 77.9 Å². The summed E-state index contributed by atoms with van der Waals surface area (Å²) in [4.78, 5) is 145. The highest BCUT2D eigenvalue weighted by Gasteiger charge is 2.54. The van der Waals surface area contributed by atoms with Crippen LogP contribution in [-0.2, 0) is 138 Å². The Morgan fingerprint density at radius 3 is 0.776 bits per heavy atom. The van der Waals surface area contributed by atoms with Gasteiger partial charge in [-0.3, -0.25) is 28.8 Å². The molecule has 0 amide bonds. The maximum absolute atomic E-state index is 11.8. The molecular formula is C62H76O36. The van der Waals surface area contributed by atoms with E-state index in [0.717, 1.165) is 36.5 Å². The zero-order valence-corrected chi connectivity index (χ0v) is 52.7. The molecular weight excluding hydrogens is 1320 g/mol. The van der Waals surface area contributed by atoms with Gasteiger partial charge < -0.3 is 116 Å². The van der Waals surface area contributed by atoms with E-state index in [9.17, 15) is 62.3 Å². The Kier molecular flexibility index (Phi) is 32.1. The molecule has 0 spiro atoms. The zero-order valence-electron chi connectivity index (χ0n) is 52.7. The molecule has 0 bridgehead atoms. The van der Waals surface area contributed by atoms with Crippen molar-refractivity contribution in [3.8, 4) is 0 Å². The number of aliphatic hydroxyl groups excluding tert-OH is 3. The summed E-state index contributed by atoms with van der Waals surface area (Å²) < 4.78 is 85.4. The van der Waals surface area contributed by atoms with Crippen molar-refractivity contribution >= 4 is 77.4 Å². The molecule has 36 nitrogen and oxygen atoms in total. The molecule has 540 valence electrons. The highest BCUT2D eigenvalue weighted by molar-refractivity contribution is 5.91. The van der Waals surface area contributed by atoms with Crippen molar-refractivity contribution in [3.63, 3.8) is 0 Å². The number of aliphatic hydroxyl groups is 3. The van der Waals surface area contributed by atoms with Crippen LogP contribution < -0.4 is 0 Å². The second-order valence-corrected chi connectivity index (χ2v) is 22.2. The minimum Gasteiger partial charge on any atom is -0.513 e. The SMILES string of the molecule is C=C(O)C=CC(=O)O[C@@H]1CO[C@H]2[C@@H]1OC[C@H]2OC(=O)C=CC(=O)O.C=C(O)C=CC(=O)O[C@H]1CO[C@H]2[C@@H]1OC[C@@H]2OC(=O)C=CC(=O)O.C=C(O)CCC(=O)O[C@H]1CO[C@H]2[C@@H]1OC[C@@H]2OC(=O)CCC(=O)O.CC(=O)CCCC(=O)O[C@H]1CO[C@H]2[C@@H]1OC[C@@H]2OC(=O)CCCC(=O)O. The van der Waals surface area contributed by atoms with Gasteiger partial charge in [0, 0.05) is 68.6 Å². The lowest BCUT2D eigenvalue weighted by molar-refractivity contribution is -0.157. The lowest BCUT2D eigenvalue weighted by Crippen LogP contribution is -2.36. The summed E-state index contributed by atoms with van der Waals surface area (Å²) >= 11 is 0. The zero-order chi connectivity index (χ0) is 72.2. The number of aliphatic carboxylic acids is 4. The molecule has 8 aliphatic heterocycles. The summed E-state index contributed by atoms with van der Waals surface area (Å²) in [5, 5.41) is 60.7. The number of fused-ring (bicyclic) bond motifs is 4. The van der Waals surface area contributed by atoms with Crippen LogP contribution in [-0.4, -0.2) is 264 Å². The van der Waals surface area contributed by atoms with Gasteiger partial charge in [-0.2, -0.15) is 0 Å². The van der Waals surface area contributed by atoms with Crippen LogP contribution in [0.25, 0.3) is 0 Å². The van der Waals surface area contributed by atoms with Crippen molar-refractivity contribution < 1.29 is 174 Å². The molecule has 36 heteroatoms. The molecule has 0 unspecified atom stereocenters. The van der Waals surface area contributed by atoms with Crippen molar-refractivity contribution in [1.29, 1.82) is 0 Å². The first-order valence-corrected chi connectivity index (χ1v) is 30.2. The van der Waals surface area contributed by atoms with E-state index in [2.05, 4.69) is 19.7 Å². The van der Waals surface area contributed by atoms with Crippen LogP contribution in [0, 0.1) is 0 Å². The molecule has 7 N–H and O–H groups in total. The van der Waals surface area contributed by atoms with E-state index in [0.29, 0.717) is 25.0 Å². The summed E-state index contributed by atoms with van der Waals surface area (Å²) in [7, 11) is 0. The number of esters is 8. The van der Waals surface area contributed by atoms with Gasteiger partial charge >= 0.3 is 71.6 Å². The smallest absolute Gasteiger partial charge is 0.331 e. The van der Waals surface area contributed by atoms with Gasteiger partial charge in [-0.1, -0.05) is 19.7 Å². The third-order valence-electron chi connectivity index (χ3n) is 14.4. The van der Waals surface area contributed by atoms with Crippen molar-refractivity contribution in [2.24, 2.45) is 0 Å². The van der Waals surface area contributed by atoms with Crippen LogP contribution in [0.5, 0.6) is 0 Å². The fourth-order valence-corrected chi connectivity index (χ4v) is 10.1. The topological polar surface area (TPSA) is 511 Å². The third kappa shape index (κ3) is 27.2. The minimum atomic E-state index is -1.27. The monoisotopic (exact) mass is 1400 g/mol. The third-order valence-corrected chi connectivity index (χ3v) is 14.4. The fraction of sp³-hybridized carbons (Fsp3) is 0.565. The number of carbonyl (C=O) groups is 13. The molecule has 0 radical (unpaired) electrons. The van der Waals surface area contributed by atoms with Gasteiger partial charge in [-0.15, -0.1) is 0 Å². The Morgan fingerprint density at radius 1 is 0.306 bits per heavy atom. The number of Topliss-reactive ketones (excluding diaryl/α,β-unsaturated/α-hetero) is 1. The second-order valence-electron chi connectivity index (χ2n) is 22.2. The summed E-state index contributed by atoms with van der Waals surface area (Å²) in [6.07, 6.45) is -2.04. The molecule has 8 heterocycles. The summed E-state index contributed by atoms with van der Waals surface area (Å²) in [6.45, 7) is 11.9. The van der Waals surface area contributed by atoms with Crippen LogP contribution in [0.15, 0.2) is 85.6 Å². The van der Waals surface area contributed by atoms with E-state index in [1.807, 2.05) is 0 Å². The number of ether oxygens (including phenoxy) is 16.